The lowest BCUT2D eigenvalue weighted by atomic mass is 9.46. The summed E-state index contributed by atoms with van der Waals surface area (Å²) in [6, 6.07) is 0. The number of allylic oxidation sites excluding steroid dienone is 1. The lowest BCUT2D eigenvalue weighted by Gasteiger charge is -2.58. The van der Waals surface area contributed by atoms with Gasteiger partial charge in [0.15, 0.2) is 11.6 Å². The quantitative estimate of drug-likeness (QED) is 0.840. The minimum atomic E-state index is -0.298. The number of ketones is 2. The molecule has 2 unspecified atom stereocenters. The van der Waals surface area contributed by atoms with Gasteiger partial charge in [-0.05, 0) is 79.6 Å². The fourth-order valence-corrected chi connectivity index (χ4v) is 7.20. The number of hydrogen-bond acceptors (Lipinski definition) is 3. The SMILES string of the molecule is C[C@]12CCC(=O)C=C1CC[C@@H]1C2CC[C@@]2(C)C1CC[C@@H]2C(=O)CO. The number of fused-ring (bicyclic) bond motifs is 5. The highest BCUT2D eigenvalue weighted by Crippen LogP contribution is 2.66. The first-order valence-electron chi connectivity index (χ1n) is 9.77. The first-order valence-corrected chi connectivity index (χ1v) is 9.77. The molecule has 24 heavy (non-hydrogen) atoms. The highest BCUT2D eigenvalue weighted by Gasteiger charge is 2.59. The van der Waals surface area contributed by atoms with Crippen molar-refractivity contribution in [2.24, 2.45) is 34.5 Å². The standard InChI is InChI=1S/C21H30O3/c1-20-9-7-14(23)11-13(20)3-4-15-16-5-6-18(19(24)12-22)21(16,2)10-8-17(15)20/h11,15-18,22H,3-10,12H2,1-2H3/t15-,16?,17?,18+,20-,21-/m0/s1. The van der Waals surface area contributed by atoms with Crippen molar-refractivity contribution in [1.82, 2.24) is 0 Å². The second-order valence-electron chi connectivity index (χ2n) is 9.27. The lowest BCUT2D eigenvalue weighted by Crippen LogP contribution is -2.51. The van der Waals surface area contributed by atoms with Gasteiger partial charge < -0.3 is 5.11 Å². The van der Waals surface area contributed by atoms with E-state index in [4.69, 9.17) is 0 Å². The zero-order valence-corrected chi connectivity index (χ0v) is 15.0. The van der Waals surface area contributed by atoms with Crippen LogP contribution in [0.1, 0.15) is 65.2 Å². The molecule has 3 fully saturated rings. The Bertz CT molecular complexity index is 606. The normalized spacial score (nSPS) is 47.5. The summed E-state index contributed by atoms with van der Waals surface area (Å²) in [5.41, 5.74) is 1.70. The van der Waals surface area contributed by atoms with Crippen molar-refractivity contribution < 1.29 is 14.7 Å². The molecule has 1 N–H and O–H groups in total. The Morgan fingerprint density at radius 2 is 1.92 bits per heavy atom. The molecule has 0 radical (unpaired) electrons. The second-order valence-corrected chi connectivity index (χ2v) is 9.27. The molecule has 0 aromatic carbocycles. The molecule has 0 aliphatic heterocycles. The summed E-state index contributed by atoms with van der Waals surface area (Å²) in [6.07, 6.45) is 10.3. The van der Waals surface area contributed by atoms with E-state index in [1.165, 1.54) is 18.4 Å². The number of hydrogen-bond donors (Lipinski definition) is 1. The number of carbonyl (C=O) groups is 2. The summed E-state index contributed by atoms with van der Waals surface area (Å²) < 4.78 is 0. The van der Waals surface area contributed by atoms with Crippen molar-refractivity contribution in [2.75, 3.05) is 6.61 Å². The molecule has 4 rings (SSSR count). The lowest BCUT2D eigenvalue weighted by molar-refractivity contribution is -0.133. The van der Waals surface area contributed by atoms with Crippen molar-refractivity contribution >= 4 is 11.6 Å². The van der Waals surface area contributed by atoms with Gasteiger partial charge in [0.25, 0.3) is 0 Å². The van der Waals surface area contributed by atoms with E-state index in [-0.39, 0.29) is 29.1 Å². The summed E-state index contributed by atoms with van der Waals surface area (Å²) in [5, 5.41) is 9.36. The van der Waals surface area contributed by atoms with Crippen molar-refractivity contribution in [3.05, 3.63) is 11.6 Å². The summed E-state index contributed by atoms with van der Waals surface area (Å²) in [6.45, 7) is 4.42. The smallest absolute Gasteiger partial charge is 0.161 e. The first-order chi connectivity index (χ1) is 11.4. The van der Waals surface area contributed by atoms with E-state index in [9.17, 15) is 14.7 Å². The van der Waals surface area contributed by atoms with Gasteiger partial charge in [-0.3, -0.25) is 9.59 Å². The molecule has 0 amide bonds. The maximum atomic E-state index is 12.3. The molecule has 6 atom stereocenters. The second kappa shape index (κ2) is 5.52. The summed E-state index contributed by atoms with van der Waals surface area (Å²) in [7, 11) is 0. The molecule has 0 saturated heterocycles. The van der Waals surface area contributed by atoms with E-state index in [0.717, 1.165) is 32.1 Å². The average Bonchev–Trinajstić information content (AvgIpc) is 2.92. The topological polar surface area (TPSA) is 54.4 Å². The summed E-state index contributed by atoms with van der Waals surface area (Å²) >= 11 is 0. The molecule has 0 aromatic heterocycles. The number of carbonyl (C=O) groups excluding carboxylic acids is 2. The van der Waals surface area contributed by atoms with E-state index in [0.29, 0.717) is 30.0 Å². The van der Waals surface area contributed by atoms with Crippen LogP contribution in [0.4, 0.5) is 0 Å². The molecule has 0 spiro atoms. The predicted octanol–water partition coefficient (Wildman–Crippen LogP) is 3.70. The summed E-state index contributed by atoms with van der Waals surface area (Å²) in [4.78, 5) is 24.1. The Morgan fingerprint density at radius 1 is 1.12 bits per heavy atom. The van der Waals surface area contributed by atoms with Crippen LogP contribution in [0.3, 0.4) is 0 Å². The zero-order chi connectivity index (χ0) is 17.1. The zero-order valence-electron chi connectivity index (χ0n) is 15.0. The van der Waals surface area contributed by atoms with E-state index in [2.05, 4.69) is 13.8 Å². The predicted molar refractivity (Wildman–Crippen MR) is 92.3 cm³/mol. The molecule has 3 nitrogen and oxygen atoms in total. The van der Waals surface area contributed by atoms with Gasteiger partial charge in [-0.25, -0.2) is 0 Å². The molecule has 3 saturated carbocycles. The molecular formula is C21H30O3. The van der Waals surface area contributed by atoms with Gasteiger partial charge in [-0.2, -0.15) is 0 Å². The summed E-state index contributed by atoms with van der Waals surface area (Å²) in [5.74, 6) is 2.42. The van der Waals surface area contributed by atoms with Crippen LogP contribution in [0, 0.1) is 34.5 Å². The first kappa shape index (κ1) is 16.5. The van der Waals surface area contributed by atoms with Crippen molar-refractivity contribution in [2.45, 2.75) is 65.2 Å². The van der Waals surface area contributed by atoms with Crippen molar-refractivity contribution in [1.29, 1.82) is 0 Å². The minimum absolute atomic E-state index is 0.0596. The molecule has 0 bridgehead atoms. The van der Waals surface area contributed by atoms with Gasteiger partial charge in [-0.1, -0.05) is 19.4 Å². The van der Waals surface area contributed by atoms with Gasteiger partial charge >= 0.3 is 0 Å². The molecule has 132 valence electrons. The fraction of sp³-hybridized carbons (Fsp3) is 0.810. The number of Topliss-reactive ketones (excluding diaryl/α,β-unsaturated/α-hetero) is 1. The van der Waals surface area contributed by atoms with Crippen LogP contribution < -0.4 is 0 Å². The van der Waals surface area contributed by atoms with Crippen LogP contribution in [0.15, 0.2) is 11.6 Å². The van der Waals surface area contributed by atoms with Crippen molar-refractivity contribution in [3.63, 3.8) is 0 Å². The number of aliphatic hydroxyl groups is 1. The minimum Gasteiger partial charge on any atom is -0.389 e. The van der Waals surface area contributed by atoms with Crippen LogP contribution in [-0.2, 0) is 9.59 Å². The third-order valence-corrected chi connectivity index (χ3v) is 8.51. The van der Waals surface area contributed by atoms with E-state index < -0.39 is 0 Å². The number of rotatable bonds is 2. The molecule has 4 aliphatic rings. The molecule has 3 heteroatoms. The highest BCUT2D eigenvalue weighted by atomic mass is 16.3. The molecule has 0 heterocycles. The Morgan fingerprint density at radius 3 is 2.67 bits per heavy atom. The fourth-order valence-electron chi connectivity index (χ4n) is 7.20. The Kier molecular flexibility index (Phi) is 3.80. The Labute approximate surface area is 144 Å². The monoisotopic (exact) mass is 330 g/mol. The van der Waals surface area contributed by atoms with Crippen molar-refractivity contribution in [3.8, 4) is 0 Å². The molecular weight excluding hydrogens is 300 g/mol. The maximum absolute atomic E-state index is 12.3. The van der Waals surface area contributed by atoms with Crippen LogP contribution in [0.2, 0.25) is 0 Å². The van der Waals surface area contributed by atoms with E-state index >= 15 is 0 Å². The Balaban J connectivity index is 1.65. The largest absolute Gasteiger partial charge is 0.389 e. The van der Waals surface area contributed by atoms with Gasteiger partial charge in [-0.15, -0.1) is 0 Å². The van der Waals surface area contributed by atoms with Gasteiger partial charge in [0, 0.05) is 12.3 Å². The van der Waals surface area contributed by atoms with Crippen LogP contribution in [0.25, 0.3) is 0 Å². The highest BCUT2D eigenvalue weighted by molar-refractivity contribution is 5.91. The van der Waals surface area contributed by atoms with Gasteiger partial charge in [0.2, 0.25) is 0 Å². The van der Waals surface area contributed by atoms with Crippen LogP contribution >= 0.6 is 0 Å². The third kappa shape index (κ3) is 2.13. The molecule has 4 aliphatic carbocycles. The number of aliphatic hydroxyl groups excluding tert-OH is 1. The van der Waals surface area contributed by atoms with Gasteiger partial charge in [0.05, 0.1) is 0 Å². The van der Waals surface area contributed by atoms with E-state index in [1.807, 2.05) is 6.08 Å². The van der Waals surface area contributed by atoms with Crippen LogP contribution in [0.5, 0.6) is 0 Å². The van der Waals surface area contributed by atoms with Gasteiger partial charge in [0.1, 0.15) is 6.61 Å². The van der Waals surface area contributed by atoms with E-state index in [1.54, 1.807) is 0 Å². The molecule has 0 aromatic rings. The average molecular weight is 330 g/mol. The third-order valence-electron chi connectivity index (χ3n) is 8.51. The maximum Gasteiger partial charge on any atom is 0.161 e. The Hall–Kier alpha value is -0.960. The van der Waals surface area contributed by atoms with Crippen LogP contribution in [-0.4, -0.2) is 23.3 Å².